The van der Waals surface area contributed by atoms with Gasteiger partial charge in [-0.1, -0.05) is 18.7 Å². The van der Waals surface area contributed by atoms with Crippen LogP contribution in [0.1, 0.15) is 33.6 Å². The first-order chi connectivity index (χ1) is 7.83. The van der Waals surface area contributed by atoms with Crippen molar-refractivity contribution in [3.63, 3.8) is 0 Å². The van der Waals surface area contributed by atoms with Gasteiger partial charge >= 0.3 is 5.97 Å². The van der Waals surface area contributed by atoms with E-state index in [1.54, 1.807) is 12.2 Å². The SMILES string of the molecule is C=CC1=C(/C=C/C(=O)OC(C)(C)C)CC[C@@H]1N. The molecule has 17 heavy (non-hydrogen) atoms. The van der Waals surface area contributed by atoms with Crippen molar-refractivity contribution in [3.05, 3.63) is 36.0 Å². The maximum atomic E-state index is 11.5. The molecule has 1 rings (SSSR count). The second kappa shape index (κ2) is 5.32. The summed E-state index contributed by atoms with van der Waals surface area (Å²) >= 11 is 0. The maximum Gasteiger partial charge on any atom is 0.331 e. The zero-order valence-corrected chi connectivity index (χ0v) is 10.8. The predicted molar refractivity (Wildman–Crippen MR) is 69.4 cm³/mol. The number of allylic oxidation sites excluding steroid dienone is 2. The van der Waals surface area contributed by atoms with Gasteiger partial charge in [0.15, 0.2) is 0 Å². The Labute approximate surface area is 103 Å². The zero-order chi connectivity index (χ0) is 13.1. The fraction of sp³-hybridized carbons (Fsp3) is 0.500. The number of hydrogen-bond acceptors (Lipinski definition) is 3. The lowest BCUT2D eigenvalue weighted by Gasteiger charge is -2.17. The number of carbonyl (C=O) groups excluding carboxylic acids is 1. The van der Waals surface area contributed by atoms with Crippen LogP contribution in [0.2, 0.25) is 0 Å². The van der Waals surface area contributed by atoms with Gasteiger partial charge in [0.2, 0.25) is 0 Å². The van der Waals surface area contributed by atoms with Crippen LogP contribution in [0.5, 0.6) is 0 Å². The molecule has 0 aromatic heterocycles. The minimum Gasteiger partial charge on any atom is -0.457 e. The fourth-order valence-electron chi connectivity index (χ4n) is 1.82. The normalized spacial score (nSPS) is 21.1. The molecule has 0 saturated carbocycles. The number of rotatable bonds is 3. The van der Waals surface area contributed by atoms with Crippen molar-refractivity contribution in [1.29, 1.82) is 0 Å². The summed E-state index contributed by atoms with van der Waals surface area (Å²) in [5, 5.41) is 0. The fourth-order valence-corrected chi connectivity index (χ4v) is 1.82. The summed E-state index contributed by atoms with van der Waals surface area (Å²) in [4.78, 5) is 11.5. The summed E-state index contributed by atoms with van der Waals surface area (Å²) in [6.45, 7) is 9.28. The molecule has 0 fully saturated rings. The third kappa shape index (κ3) is 4.19. The highest BCUT2D eigenvalue weighted by molar-refractivity contribution is 5.83. The van der Waals surface area contributed by atoms with E-state index in [-0.39, 0.29) is 12.0 Å². The third-order valence-electron chi connectivity index (χ3n) is 2.54. The summed E-state index contributed by atoms with van der Waals surface area (Å²) in [7, 11) is 0. The number of hydrogen-bond donors (Lipinski definition) is 1. The molecule has 0 aromatic rings. The summed E-state index contributed by atoms with van der Waals surface area (Å²) in [5.74, 6) is -0.325. The monoisotopic (exact) mass is 235 g/mol. The molecule has 0 aliphatic heterocycles. The second-order valence-electron chi connectivity index (χ2n) is 5.20. The minimum absolute atomic E-state index is 0.0470. The molecule has 1 aliphatic rings. The van der Waals surface area contributed by atoms with Gasteiger partial charge in [0.05, 0.1) is 0 Å². The molecule has 0 heterocycles. The average Bonchev–Trinajstić information content (AvgIpc) is 2.53. The molecule has 0 radical (unpaired) electrons. The van der Waals surface area contributed by atoms with Crippen LogP contribution in [0.15, 0.2) is 36.0 Å². The van der Waals surface area contributed by atoms with Gasteiger partial charge in [-0.3, -0.25) is 0 Å². The number of carbonyl (C=O) groups is 1. The molecule has 1 atom stereocenters. The first kappa shape index (κ1) is 13.7. The predicted octanol–water partition coefficient (Wildman–Crippen LogP) is 2.49. The molecular formula is C14H21NO2. The quantitative estimate of drug-likeness (QED) is 0.604. The van der Waals surface area contributed by atoms with Crippen LogP contribution in [0, 0.1) is 0 Å². The van der Waals surface area contributed by atoms with Crippen LogP contribution < -0.4 is 5.73 Å². The molecule has 0 aromatic carbocycles. The first-order valence-electron chi connectivity index (χ1n) is 5.85. The Balaban J connectivity index is 2.69. The Bertz CT molecular complexity index is 372. The van der Waals surface area contributed by atoms with Gasteiger partial charge in [-0.05, 0) is 44.8 Å². The van der Waals surface area contributed by atoms with Gasteiger partial charge in [0.1, 0.15) is 5.60 Å². The number of nitrogens with two attached hydrogens (primary N) is 1. The Hall–Kier alpha value is -1.35. The van der Waals surface area contributed by atoms with Crippen LogP contribution in [-0.4, -0.2) is 17.6 Å². The molecule has 2 N–H and O–H groups in total. The Kier molecular flexibility index (Phi) is 4.29. The van der Waals surface area contributed by atoms with Gasteiger partial charge in [0, 0.05) is 12.1 Å². The first-order valence-corrected chi connectivity index (χ1v) is 5.85. The van der Waals surface area contributed by atoms with E-state index < -0.39 is 5.60 Å². The van der Waals surface area contributed by atoms with Gasteiger partial charge in [-0.15, -0.1) is 0 Å². The lowest BCUT2D eigenvalue weighted by Crippen LogP contribution is -2.22. The molecule has 0 unspecified atom stereocenters. The lowest BCUT2D eigenvalue weighted by molar-refractivity contribution is -0.148. The largest absolute Gasteiger partial charge is 0.457 e. The number of ether oxygens (including phenoxy) is 1. The molecule has 0 saturated heterocycles. The highest BCUT2D eigenvalue weighted by Gasteiger charge is 2.19. The molecular weight excluding hydrogens is 214 g/mol. The van der Waals surface area contributed by atoms with Crippen molar-refractivity contribution in [3.8, 4) is 0 Å². The molecule has 0 spiro atoms. The molecule has 0 amide bonds. The van der Waals surface area contributed by atoms with Crippen molar-refractivity contribution >= 4 is 5.97 Å². The standard InChI is InChI=1S/C14H21NO2/c1-5-11-10(6-8-12(11)15)7-9-13(16)17-14(2,3)4/h5,7,9,12H,1,6,8,15H2,2-4H3/b9-7+/t12-/m0/s1. The van der Waals surface area contributed by atoms with Crippen LogP contribution in [-0.2, 0) is 9.53 Å². The van der Waals surface area contributed by atoms with E-state index in [9.17, 15) is 4.79 Å². The van der Waals surface area contributed by atoms with E-state index in [1.807, 2.05) is 20.8 Å². The van der Waals surface area contributed by atoms with E-state index in [0.717, 1.165) is 24.0 Å². The average molecular weight is 235 g/mol. The summed E-state index contributed by atoms with van der Waals surface area (Å²) < 4.78 is 5.19. The Morgan fingerprint density at radius 2 is 2.18 bits per heavy atom. The van der Waals surface area contributed by atoms with Crippen LogP contribution in [0.4, 0.5) is 0 Å². The van der Waals surface area contributed by atoms with Gasteiger partial charge in [-0.25, -0.2) is 4.79 Å². The summed E-state index contributed by atoms with van der Waals surface area (Å²) in [6, 6.07) is 0.0470. The van der Waals surface area contributed by atoms with E-state index in [4.69, 9.17) is 10.5 Å². The second-order valence-corrected chi connectivity index (χ2v) is 5.20. The van der Waals surface area contributed by atoms with Gasteiger partial charge in [0.25, 0.3) is 0 Å². The lowest BCUT2D eigenvalue weighted by atomic mass is 10.1. The highest BCUT2D eigenvalue weighted by atomic mass is 16.6. The highest BCUT2D eigenvalue weighted by Crippen LogP contribution is 2.26. The van der Waals surface area contributed by atoms with E-state index in [2.05, 4.69) is 6.58 Å². The van der Waals surface area contributed by atoms with Gasteiger partial charge < -0.3 is 10.5 Å². The van der Waals surface area contributed by atoms with E-state index in [0.29, 0.717) is 0 Å². The van der Waals surface area contributed by atoms with E-state index >= 15 is 0 Å². The maximum absolute atomic E-state index is 11.5. The van der Waals surface area contributed by atoms with Gasteiger partial charge in [-0.2, -0.15) is 0 Å². The summed E-state index contributed by atoms with van der Waals surface area (Å²) in [5.41, 5.74) is 7.57. The Morgan fingerprint density at radius 1 is 1.53 bits per heavy atom. The smallest absolute Gasteiger partial charge is 0.331 e. The van der Waals surface area contributed by atoms with Crippen molar-refractivity contribution < 1.29 is 9.53 Å². The molecule has 3 nitrogen and oxygen atoms in total. The van der Waals surface area contributed by atoms with Crippen molar-refractivity contribution in [2.24, 2.45) is 5.73 Å². The Morgan fingerprint density at radius 3 is 2.71 bits per heavy atom. The van der Waals surface area contributed by atoms with Crippen LogP contribution in [0.3, 0.4) is 0 Å². The van der Waals surface area contributed by atoms with Crippen LogP contribution in [0.25, 0.3) is 0 Å². The molecule has 3 heteroatoms. The topological polar surface area (TPSA) is 52.3 Å². The number of esters is 1. The van der Waals surface area contributed by atoms with Crippen LogP contribution >= 0.6 is 0 Å². The molecule has 94 valence electrons. The summed E-state index contributed by atoms with van der Waals surface area (Å²) in [6.07, 6.45) is 6.82. The zero-order valence-electron chi connectivity index (χ0n) is 10.8. The minimum atomic E-state index is -0.455. The molecule has 1 aliphatic carbocycles. The van der Waals surface area contributed by atoms with E-state index in [1.165, 1.54) is 6.08 Å². The van der Waals surface area contributed by atoms with Crippen molar-refractivity contribution in [2.45, 2.75) is 45.3 Å². The van der Waals surface area contributed by atoms with Crippen molar-refractivity contribution in [1.82, 2.24) is 0 Å². The molecule has 0 bridgehead atoms. The third-order valence-corrected chi connectivity index (χ3v) is 2.54. The van der Waals surface area contributed by atoms with Crippen molar-refractivity contribution in [2.75, 3.05) is 0 Å².